The van der Waals surface area contributed by atoms with Crippen molar-refractivity contribution in [2.45, 2.75) is 13.8 Å². The topological polar surface area (TPSA) is 84.7 Å². The maximum absolute atomic E-state index is 11.3. The SMILES string of the molecule is CCF.Cc1ccc(C(N)=O)ccc(-c2ccncc2)n[nH]1. The number of amides is 1. The number of nitrogens with two attached hydrogens (primary N) is 1. The molecule has 116 valence electrons. The highest BCUT2D eigenvalue weighted by molar-refractivity contribution is 5.92. The minimum atomic E-state index is -0.476. The quantitative estimate of drug-likeness (QED) is 0.894. The van der Waals surface area contributed by atoms with E-state index in [2.05, 4.69) is 15.2 Å². The molecule has 0 spiro atoms. The van der Waals surface area contributed by atoms with Gasteiger partial charge in [-0.2, -0.15) is 5.10 Å². The second-order valence-electron chi connectivity index (χ2n) is 4.28. The van der Waals surface area contributed by atoms with Crippen LogP contribution in [0.5, 0.6) is 0 Å². The Morgan fingerprint density at radius 1 is 1.18 bits per heavy atom. The predicted molar refractivity (Wildman–Crippen MR) is 84.4 cm³/mol. The highest BCUT2D eigenvalue weighted by Crippen LogP contribution is 2.13. The fourth-order valence-corrected chi connectivity index (χ4v) is 1.51. The van der Waals surface area contributed by atoms with Gasteiger partial charge >= 0.3 is 0 Å². The molecule has 0 bridgehead atoms. The normalized spacial score (nSPS) is 9.23. The van der Waals surface area contributed by atoms with Crippen molar-refractivity contribution < 1.29 is 9.18 Å². The van der Waals surface area contributed by atoms with Crippen LogP contribution >= 0.6 is 0 Å². The molecule has 2 aromatic rings. The second kappa shape index (κ2) is 9.23. The summed E-state index contributed by atoms with van der Waals surface area (Å²) in [7, 11) is 0. The van der Waals surface area contributed by atoms with Gasteiger partial charge in [0.1, 0.15) is 0 Å². The lowest BCUT2D eigenvalue weighted by Gasteiger charge is -1.96. The van der Waals surface area contributed by atoms with Gasteiger partial charge in [0.15, 0.2) is 0 Å². The summed E-state index contributed by atoms with van der Waals surface area (Å²) < 4.78 is 10.3. The van der Waals surface area contributed by atoms with E-state index in [1.807, 2.05) is 19.1 Å². The van der Waals surface area contributed by atoms with Crippen molar-refractivity contribution in [2.75, 3.05) is 6.67 Å². The first-order valence-electron chi connectivity index (χ1n) is 6.75. The highest BCUT2D eigenvalue weighted by atomic mass is 19.1. The third-order valence-corrected chi connectivity index (χ3v) is 2.55. The van der Waals surface area contributed by atoms with Crippen LogP contribution in [0.2, 0.25) is 0 Å². The fraction of sp³-hybridized carbons (Fsp3) is 0.188. The number of halogens is 1. The van der Waals surface area contributed by atoms with Crippen molar-refractivity contribution in [3.05, 3.63) is 60.0 Å². The van der Waals surface area contributed by atoms with E-state index in [1.54, 1.807) is 36.7 Å². The molecule has 3 N–H and O–H groups in total. The monoisotopic (exact) mass is 302 g/mol. The standard InChI is InChI=1S/C14H14N4O.C2H5F/c1-10-2-3-12(14(15)19)4-5-13(18-17-10)11-6-8-16-9-7-11;1-2-3/h2-9,17H,1H3,(H2,15,19);2H2,1H3. The molecule has 0 aliphatic heterocycles. The van der Waals surface area contributed by atoms with Gasteiger partial charge in [0.2, 0.25) is 5.91 Å². The number of alkyl halides is 1. The molecule has 0 aliphatic rings. The number of aromatic nitrogens is 3. The molecule has 1 amide bonds. The van der Waals surface area contributed by atoms with E-state index in [-0.39, 0.29) is 6.67 Å². The summed E-state index contributed by atoms with van der Waals surface area (Å²) in [6.45, 7) is 3.06. The van der Waals surface area contributed by atoms with Gasteiger partial charge in [-0.1, -0.05) is 0 Å². The van der Waals surface area contributed by atoms with Crippen LogP contribution in [0.1, 0.15) is 23.0 Å². The summed E-state index contributed by atoms with van der Waals surface area (Å²) >= 11 is 0. The fourth-order valence-electron chi connectivity index (χ4n) is 1.51. The third kappa shape index (κ3) is 5.70. The Bertz CT molecular complexity index is 654. The largest absolute Gasteiger partial charge is 0.366 e. The van der Waals surface area contributed by atoms with Crippen LogP contribution in [-0.2, 0) is 0 Å². The molecule has 0 atom stereocenters. The van der Waals surface area contributed by atoms with Crippen molar-refractivity contribution in [3.63, 3.8) is 0 Å². The smallest absolute Gasteiger partial charge is 0.248 e. The minimum Gasteiger partial charge on any atom is -0.366 e. The molecule has 0 saturated carbocycles. The average Bonchev–Trinajstić information content (AvgIpc) is 2.60. The van der Waals surface area contributed by atoms with Crippen molar-refractivity contribution in [2.24, 2.45) is 5.73 Å². The Morgan fingerprint density at radius 2 is 1.77 bits per heavy atom. The number of rotatable bonds is 2. The molecule has 6 heteroatoms. The number of primary amides is 1. The lowest BCUT2D eigenvalue weighted by molar-refractivity contribution is 0.100. The number of hydrogen-bond acceptors (Lipinski definition) is 3. The molecular formula is C16H19FN4O. The van der Waals surface area contributed by atoms with Crippen LogP contribution in [0, 0.1) is 6.92 Å². The van der Waals surface area contributed by atoms with E-state index >= 15 is 0 Å². The average molecular weight is 302 g/mol. The number of carbonyl (C=O) groups is 1. The Labute approximate surface area is 128 Å². The van der Waals surface area contributed by atoms with Gasteiger partial charge in [0.05, 0.1) is 12.4 Å². The minimum absolute atomic E-state index is 0.250. The maximum Gasteiger partial charge on any atom is 0.248 e. The van der Waals surface area contributed by atoms with Crippen LogP contribution in [0.15, 0.2) is 48.8 Å². The number of pyridine rings is 1. The first-order valence-corrected chi connectivity index (χ1v) is 6.75. The van der Waals surface area contributed by atoms with Gasteiger partial charge in [-0.25, -0.2) is 0 Å². The maximum atomic E-state index is 11.3. The Balaban J connectivity index is 0.000000745. The number of hydrogen-bond donors (Lipinski definition) is 2. The summed E-state index contributed by atoms with van der Waals surface area (Å²) in [6.07, 6.45) is 3.37. The van der Waals surface area contributed by atoms with Crippen LogP contribution < -0.4 is 5.73 Å². The molecule has 0 radical (unpaired) electrons. The van der Waals surface area contributed by atoms with Gasteiger partial charge in [-0.05, 0) is 50.2 Å². The molecule has 0 aromatic carbocycles. The van der Waals surface area contributed by atoms with Crippen LogP contribution in [-0.4, -0.2) is 27.8 Å². The summed E-state index contributed by atoms with van der Waals surface area (Å²) in [5.74, 6) is -0.476. The number of aromatic amines is 1. The molecule has 5 nitrogen and oxygen atoms in total. The summed E-state index contributed by atoms with van der Waals surface area (Å²) in [6, 6.07) is 10.5. The van der Waals surface area contributed by atoms with E-state index in [9.17, 15) is 9.18 Å². The van der Waals surface area contributed by atoms with Crippen LogP contribution in [0.3, 0.4) is 0 Å². The molecular weight excluding hydrogens is 283 g/mol. The summed E-state index contributed by atoms with van der Waals surface area (Å²) in [5.41, 5.74) is 8.14. The number of nitrogens with zero attached hydrogens (tertiary/aromatic N) is 2. The van der Waals surface area contributed by atoms with E-state index in [0.29, 0.717) is 11.3 Å². The molecule has 0 unspecified atom stereocenters. The zero-order chi connectivity index (χ0) is 16.4. The number of H-pyrrole nitrogens is 1. The number of carbonyl (C=O) groups excluding carboxylic acids is 1. The van der Waals surface area contributed by atoms with Crippen molar-refractivity contribution in [1.82, 2.24) is 15.2 Å². The summed E-state index contributed by atoms with van der Waals surface area (Å²) in [4.78, 5) is 15.2. The zero-order valence-electron chi connectivity index (χ0n) is 12.6. The van der Waals surface area contributed by atoms with E-state index in [4.69, 9.17) is 5.73 Å². The van der Waals surface area contributed by atoms with Crippen molar-refractivity contribution >= 4 is 5.91 Å². The zero-order valence-corrected chi connectivity index (χ0v) is 12.6. The highest BCUT2D eigenvalue weighted by Gasteiger charge is 1.99. The van der Waals surface area contributed by atoms with E-state index in [0.717, 1.165) is 11.3 Å². The first-order chi connectivity index (χ1) is 10.6. The van der Waals surface area contributed by atoms with Gasteiger partial charge in [-0.15, -0.1) is 0 Å². The summed E-state index contributed by atoms with van der Waals surface area (Å²) in [5, 5.41) is 7.20. The molecule has 2 rings (SSSR count). The van der Waals surface area contributed by atoms with Gasteiger partial charge in [0, 0.05) is 29.2 Å². The van der Waals surface area contributed by atoms with Gasteiger partial charge < -0.3 is 5.73 Å². The molecule has 0 saturated heterocycles. The van der Waals surface area contributed by atoms with E-state index in [1.165, 1.54) is 6.92 Å². The van der Waals surface area contributed by atoms with Crippen molar-refractivity contribution in [1.29, 1.82) is 0 Å². The van der Waals surface area contributed by atoms with Gasteiger partial charge in [-0.3, -0.25) is 19.3 Å². The van der Waals surface area contributed by atoms with Gasteiger partial charge in [0.25, 0.3) is 0 Å². The Hall–Kier alpha value is -2.76. The van der Waals surface area contributed by atoms with Crippen LogP contribution in [0.4, 0.5) is 4.39 Å². The third-order valence-electron chi connectivity index (χ3n) is 2.55. The molecule has 22 heavy (non-hydrogen) atoms. The number of aryl methyl sites for hydroxylation is 1. The van der Waals surface area contributed by atoms with Crippen LogP contribution in [0.25, 0.3) is 11.3 Å². The van der Waals surface area contributed by atoms with Crippen molar-refractivity contribution in [3.8, 4) is 11.3 Å². The predicted octanol–water partition coefficient (Wildman–Crippen LogP) is 2.98. The Kier molecular flexibility index (Phi) is 7.25. The lowest BCUT2D eigenvalue weighted by Crippen LogP contribution is -2.09. The molecule has 0 aliphatic carbocycles. The first kappa shape index (κ1) is 17.3. The number of nitrogens with one attached hydrogen (secondary N) is 1. The molecule has 2 aromatic heterocycles. The second-order valence-corrected chi connectivity index (χ2v) is 4.28. The lowest BCUT2D eigenvalue weighted by atomic mass is 10.2. The molecule has 2 heterocycles. The molecule has 0 fully saturated rings. The van der Waals surface area contributed by atoms with E-state index < -0.39 is 5.91 Å². The Morgan fingerprint density at radius 3 is 2.36 bits per heavy atom.